The molecule has 44 valence electrons. The topological polar surface area (TPSA) is 65.5 Å². The summed E-state index contributed by atoms with van der Waals surface area (Å²) < 4.78 is 0. The summed E-state index contributed by atoms with van der Waals surface area (Å²) in [5, 5.41) is 8.45. The molecule has 0 saturated heterocycles. The van der Waals surface area contributed by atoms with E-state index in [1.54, 1.807) is 6.21 Å². The van der Waals surface area contributed by atoms with Crippen LogP contribution in [0.25, 0.3) is 0 Å². The van der Waals surface area contributed by atoms with Crippen molar-refractivity contribution >= 4 is 12.1 Å². The van der Waals surface area contributed by atoms with E-state index in [-0.39, 0.29) is 0 Å². The Balaban J connectivity index is 2.57. The molecular formula is C4H8N4. The van der Waals surface area contributed by atoms with Gasteiger partial charge in [-0.25, -0.2) is 5.84 Å². The first-order valence-electron chi connectivity index (χ1n) is 2.38. The summed E-state index contributed by atoms with van der Waals surface area (Å²) in [6.45, 7) is 0.995. The molecule has 1 rings (SSSR count). The number of aliphatic imine (C=N–C) groups is 1. The Bertz CT molecular complexity index is 128. The molecule has 0 amide bonds. The number of rotatable bonds is 0. The van der Waals surface area contributed by atoms with Gasteiger partial charge in [0, 0.05) is 6.21 Å². The third-order valence-corrected chi connectivity index (χ3v) is 0.995. The number of hydrogen-bond acceptors (Lipinski definition) is 3. The van der Waals surface area contributed by atoms with Crippen molar-refractivity contribution in [2.45, 2.75) is 0 Å². The van der Waals surface area contributed by atoms with Gasteiger partial charge in [0.25, 0.3) is 0 Å². The second kappa shape index (κ2) is 1.92. The van der Waals surface area contributed by atoms with Crippen LogP contribution in [0.15, 0.2) is 4.99 Å². The van der Waals surface area contributed by atoms with Crippen LogP contribution < -0.4 is 5.84 Å². The highest BCUT2D eigenvalue weighted by atomic mass is 15.4. The lowest BCUT2D eigenvalue weighted by molar-refractivity contribution is 0.487. The fraction of sp³-hybridized carbons (Fsp3) is 0.500. The predicted octanol–water partition coefficient (Wildman–Crippen LogP) is -0.776. The zero-order valence-electron chi connectivity index (χ0n) is 4.46. The van der Waals surface area contributed by atoms with Gasteiger partial charge in [0.05, 0.1) is 13.1 Å². The van der Waals surface area contributed by atoms with Crippen molar-refractivity contribution in [2.24, 2.45) is 10.8 Å². The molecular weight excluding hydrogens is 104 g/mol. The summed E-state index contributed by atoms with van der Waals surface area (Å²) in [5.74, 6) is 5.68. The van der Waals surface area contributed by atoms with Crippen molar-refractivity contribution in [1.29, 1.82) is 5.41 Å². The van der Waals surface area contributed by atoms with E-state index in [2.05, 4.69) is 4.99 Å². The summed E-state index contributed by atoms with van der Waals surface area (Å²) in [7, 11) is 0. The normalized spacial score (nSPS) is 19.6. The van der Waals surface area contributed by atoms with Gasteiger partial charge in [-0.15, -0.1) is 0 Å². The van der Waals surface area contributed by atoms with Gasteiger partial charge in [0.2, 0.25) is 0 Å². The van der Waals surface area contributed by atoms with Crippen LogP contribution in [0.2, 0.25) is 0 Å². The van der Waals surface area contributed by atoms with Crippen molar-refractivity contribution in [1.82, 2.24) is 5.01 Å². The molecule has 0 spiro atoms. The lowest BCUT2D eigenvalue weighted by atomic mass is 10.4. The van der Waals surface area contributed by atoms with Crippen molar-refractivity contribution in [3.8, 4) is 0 Å². The van der Waals surface area contributed by atoms with Crippen molar-refractivity contribution in [2.75, 3.05) is 13.1 Å². The number of nitrogens with two attached hydrogens (primary N) is 1. The maximum atomic E-state index is 7.08. The minimum absolute atomic E-state index is 0.382. The van der Waals surface area contributed by atoms with E-state index in [4.69, 9.17) is 11.3 Å². The summed E-state index contributed by atoms with van der Waals surface area (Å²) in [5.41, 5.74) is 0. The first-order chi connectivity index (χ1) is 3.80. The Hall–Kier alpha value is -0.900. The SMILES string of the molecule is N=C1CN=CCN1N. The van der Waals surface area contributed by atoms with Crippen LogP contribution in [-0.2, 0) is 0 Å². The maximum Gasteiger partial charge on any atom is 0.132 e. The van der Waals surface area contributed by atoms with Gasteiger partial charge in [0.1, 0.15) is 5.84 Å². The molecule has 4 nitrogen and oxygen atoms in total. The van der Waals surface area contributed by atoms with Gasteiger partial charge in [-0.2, -0.15) is 0 Å². The van der Waals surface area contributed by atoms with Crippen LogP contribution in [-0.4, -0.2) is 30.1 Å². The second-order valence-electron chi connectivity index (χ2n) is 1.62. The lowest BCUT2D eigenvalue weighted by Gasteiger charge is -2.18. The summed E-state index contributed by atoms with van der Waals surface area (Å²) >= 11 is 0. The zero-order valence-corrected chi connectivity index (χ0v) is 4.46. The number of nitrogens with zero attached hydrogens (tertiary/aromatic N) is 2. The van der Waals surface area contributed by atoms with Gasteiger partial charge in [0.15, 0.2) is 0 Å². The average molecular weight is 112 g/mol. The van der Waals surface area contributed by atoms with Gasteiger partial charge in [-0.1, -0.05) is 0 Å². The Labute approximate surface area is 47.5 Å². The first kappa shape index (κ1) is 5.24. The van der Waals surface area contributed by atoms with E-state index < -0.39 is 0 Å². The maximum absolute atomic E-state index is 7.08. The van der Waals surface area contributed by atoms with Crippen LogP contribution in [0.3, 0.4) is 0 Å². The van der Waals surface area contributed by atoms with Crippen LogP contribution in [0.4, 0.5) is 0 Å². The van der Waals surface area contributed by atoms with Crippen molar-refractivity contribution in [3.63, 3.8) is 0 Å². The van der Waals surface area contributed by atoms with Gasteiger partial charge in [-0.05, 0) is 0 Å². The minimum Gasteiger partial charge on any atom is -0.292 e. The second-order valence-corrected chi connectivity index (χ2v) is 1.62. The fourth-order valence-corrected chi connectivity index (χ4v) is 0.498. The minimum atomic E-state index is 0.382. The van der Waals surface area contributed by atoms with Gasteiger partial charge in [-0.3, -0.25) is 15.4 Å². The molecule has 8 heavy (non-hydrogen) atoms. The van der Waals surface area contributed by atoms with Crippen LogP contribution in [0.5, 0.6) is 0 Å². The summed E-state index contributed by atoms with van der Waals surface area (Å²) in [6.07, 6.45) is 1.71. The van der Waals surface area contributed by atoms with Crippen LogP contribution in [0.1, 0.15) is 0 Å². The number of hydrogen-bond donors (Lipinski definition) is 2. The van der Waals surface area contributed by atoms with Crippen LogP contribution in [0, 0.1) is 5.41 Å². The molecule has 3 N–H and O–H groups in total. The zero-order chi connectivity index (χ0) is 5.98. The molecule has 0 aliphatic carbocycles. The molecule has 0 atom stereocenters. The number of nitrogens with one attached hydrogen (secondary N) is 1. The smallest absolute Gasteiger partial charge is 0.132 e. The predicted molar refractivity (Wildman–Crippen MR) is 32.0 cm³/mol. The Morgan fingerprint density at radius 2 is 2.62 bits per heavy atom. The Kier molecular flexibility index (Phi) is 1.26. The molecule has 4 heteroatoms. The van der Waals surface area contributed by atoms with Crippen molar-refractivity contribution in [3.05, 3.63) is 0 Å². The molecule has 0 aromatic carbocycles. The van der Waals surface area contributed by atoms with Gasteiger partial charge < -0.3 is 0 Å². The highest BCUT2D eigenvalue weighted by Crippen LogP contribution is 1.86. The van der Waals surface area contributed by atoms with E-state index in [1.165, 1.54) is 5.01 Å². The molecule has 1 aliphatic heterocycles. The quantitative estimate of drug-likeness (QED) is 0.404. The number of amidine groups is 1. The van der Waals surface area contributed by atoms with E-state index >= 15 is 0 Å². The highest BCUT2D eigenvalue weighted by molar-refractivity contribution is 5.86. The molecule has 1 aliphatic rings. The third kappa shape index (κ3) is 0.840. The molecule has 0 saturated carbocycles. The molecule has 0 unspecified atom stereocenters. The average Bonchev–Trinajstić information content (AvgIpc) is 1.77. The summed E-state index contributed by atoms with van der Waals surface area (Å²) in [6, 6.07) is 0. The molecule has 1 heterocycles. The third-order valence-electron chi connectivity index (χ3n) is 0.995. The van der Waals surface area contributed by atoms with Crippen molar-refractivity contribution < 1.29 is 0 Å². The molecule has 0 radical (unpaired) electrons. The molecule has 0 aromatic rings. The molecule has 0 aromatic heterocycles. The Morgan fingerprint density at radius 1 is 1.88 bits per heavy atom. The largest absolute Gasteiger partial charge is 0.292 e. The highest BCUT2D eigenvalue weighted by Gasteiger charge is 2.04. The Morgan fingerprint density at radius 3 is 3.00 bits per heavy atom. The molecule has 0 bridgehead atoms. The first-order valence-corrected chi connectivity index (χ1v) is 2.38. The number of hydrazine groups is 1. The summed E-state index contributed by atoms with van der Waals surface area (Å²) in [4.78, 5) is 3.84. The van der Waals surface area contributed by atoms with Crippen LogP contribution >= 0.6 is 0 Å². The van der Waals surface area contributed by atoms with E-state index in [0.29, 0.717) is 18.9 Å². The van der Waals surface area contributed by atoms with E-state index in [9.17, 15) is 0 Å². The lowest BCUT2D eigenvalue weighted by Crippen LogP contribution is -2.42. The fourth-order valence-electron chi connectivity index (χ4n) is 0.498. The van der Waals surface area contributed by atoms with E-state index in [0.717, 1.165) is 0 Å². The monoisotopic (exact) mass is 112 g/mol. The van der Waals surface area contributed by atoms with E-state index in [1.807, 2.05) is 0 Å². The van der Waals surface area contributed by atoms with Gasteiger partial charge >= 0.3 is 0 Å². The molecule has 0 fully saturated rings. The standard InChI is InChI=1S/C4H8N4/c5-4-3-7-1-2-8(4)6/h1,5H,2-3,6H2.